The number of benzene rings is 1. The van der Waals surface area contributed by atoms with Gasteiger partial charge in [0.1, 0.15) is 5.75 Å². The van der Waals surface area contributed by atoms with Crippen molar-refractivity contribution in [2.24, 2.45) is 0 Å². The third kappa shape index (κ3) is 6.02. The Labute approximate surface area is 154 Å². The van der Waals surface area contributed by atoms with E-state index in [1.807, 2.05) is 38.1 Å². The summed E-state index contributed by atoms with van der Waals surface area (Å²) >= 11 is 2.40. The summed E-state index contributed by atoms with van der Waals surface area (Å²) in [5.41, 5.74) is 1.12. The van der Waals surface area contributed by atoms with Gasteiger partial charge in [-0.2, -0.15) is 0 Å². The summed E-state index contributed by atoms with van der Waals surface area (Å²) in [5.74, 6) is 0.152. The van der Waals surface area contributed by atoms with Crippen LogP contribution in [0.2, 0.25) is 0 Å². The van der Waals surface area contributed by atoms with E-state index in [-0.39, 0.29) is 17.6 Å². The molecule has 1 atom stereocenters. The number of hydrogen-bond acceptors (Lipinski definition) is 8. The minimum absolute atomic E-state index is 0.146. The van der Waals surface area contributed by atoms with Crippen LogP contribution in [0.4, 0.5) is 5.13 Å². The molecule has 2 aromatic rings. The third-order valence-corrected chi connectivity index (χ3v) is 5.09. The van der Waals surface area contributed by atoms with Gasteiger partial charge >= 0.3 is 5.97 Å². The maximum absolute atomic E-state index is 12.4. The van der Waals surface area contributed by atoms with Gasteiger partial charge in [0, 0.05) is 0 Å². The van der Waals surface area contributed by atoms with Crippen LogP contribution in [0.1, 0.15) is 18.9 Å². The monoisotopic (exact) mass is 381 g/mol. The zero-order valence-electron chi connectivity index (χ0n) is 14.1. The number of nitrogens with one attached hydrogen (secondary N) is 1. The Hall–Kier alpha value is -2.13. The number of carbonyl (C=O) groups is 2. The van der Waals surface area contributed by atoms with Crippen LogP contribution in [0.15, 0.2) is 28.6 Å². The number of hydrogen-bond donors (Lipinski definition) is 1. The Kier molecular flexibility index (Phi) is 7.20. The quantitative estimate of drug-likeness (QED) is 0.427. The molecule has 25 heavy (non-hydrogen) atoms. The Morgan fingerprint density at radius 2 is 2.00 bits per heavy atom. The highest BCUT2D eigenvalue weighted by Crippen LogP contribution is 2.26. The number of aryl methyl sites for hydroxylation is 1. The molecule has 0 aliphatic heterocycles. The summed E-state index contributed by atoms with van der Waals surface area (Å²) < 4.78 is 10.9. The highest BCUT2D eigenvalue weighted by molar-refractivity contribution is 8.01. The summed E-state index contributed by atoms with van der Waals surface area (Å²) in [4.78, 5) is 23.5. The van der Waals surface area contributed by atoms with E-state index >= 15 is 0 Å². The topological polar surface area (TPSA) is 90.4 Å². The lowest BCUT2D eigenvalue weighted by Gasteiger charge is -2.16. The van der Waals surface area contributed by atoms with Crippen molar-refractivity contribution in [1.82, 2.24) is 10.2 Å². The highest BCUT2D eigenvalue weighted by atomic mass is 32.2. The highest BCUT2D eigenvalue weighted by Gasteiger charge is 2.20. The molecule has 1 aromatic heterocycles. The fourth-order valence-corrected chi connectivity index (χ4v) is 3.37. The van der Waals surface area contributed by atoms with Crippen molar-refractivity contribution in [1.29, 1.82) is 0 Å². The molecule has 2 rings (SSSR count). The molecular weight excluding hydrogens is 362 g/mol. The molecule has 1 N–H and O–H groups in total. The van der Waals surface area contributed by atoms with Crippen molar-refractivity contribution in [2.75, 3.05) is 18.2 Å². The van der Waals surface area contributed by atoms with E-state index in [1.165, 1.54) is 30.2 Å². The van der Waals surface area contributed by atoms with Gasteiger partial charge in [0.2, 0.25) is 5.13 Å². The summed E-state index contributed by atoms with van der Waals surface area (Å²) in [6.07, 6.45) is -0.111. The van der Waals surface area contributed by atoms with Gasteiger partial charge in [0.25, 0.3) is 5.91 Å². The van der Waals surface area contributed by atoms with Gasteiger partial charge in [-0.1, -0.05) is 47.7 Å². The van der Waals surface area contributed by atoms with Crippen molar-refractivity contribution >= 4 is 40.1 Å². The summed E-state index contributed by atoms with van der Waals surface area (Å²) in [5, 5.41) is 10.9. The van der Waals surface area contributed by atoms with Gasteiger partial charge in [-0.25, -0.2) is 0 Å². The van der Waals surface area contributed by atoms with Crippen LogP contribution in [0.25, 0.3) is 0 Å². The third-order valence-electron chi connectivity index (χ3n) is 3.14. The van der Waals surface area contributed by atoms with Crippen molar-refractivity contribution in [3.05, 3.63) is 29.8 Å². The van der Waals surface area contributed by atoms with Crippen LogP contribution in [0, 0.1) is 6.92 Å². The molecule has 7 nitrogen and oxygen atoms in total. The van der Waals surface area contributed by atoms with Crippen LogP contribution < -0.4 is 10.1 Å². The molecule has 0 radical (unpaired) electrons. The van der Waals surface area contributed by atoms with E-state index in [2.05, 4.69) is 20.3 Å². The number of ether oxygens (including phenoxy) is 2. The predicted octanol–water partition coefficient (Wildman–Crippen LogP) is 2.91. The minimum Gasteiger partial charge on any atom is -0.481 e. The second-order valence-electron chi connectivity index (χ2n) is 5.05. The first-order valence-electron chi connectivity index (χ1n) is 7.59. The fraction of sp³-hybridized carbons (Fsp3) is 0.375. The number of aromatic nitrogens is 2. The zero-order valence-corrected chi connectivity index (χ0v) is 15.8. The second-order valence-corrected chi connectivity index (χ2v) is 7.25. The van der Waals surface area contributed by atoms with Crippen LogP contribution in [0.5, 0.6) is 5.75 Å². The molecular formula is C16H19N3O4S2. The second kappa shape index (κ2) is 9.38. The van der Waals surface area contributed by atoms with Gasteiger partial charge in [-0.3, -0.25) is 14.9 Å². The normalized spacial score (nSPS) is 11.6. The number of esters is 1. The molecule has 1 amide bonds. The van der Waals surface area contributed by atoms with E-state index < -0.39 is 6.10 Å². The fourth-order valence-electron chi connectivity index (χ4n) is 1.79. The lowest BCUT2D eigenvalue weighted by molar-refractivity contribution is -0.137. The molecule has 9 heteroatoms. The zero-order chi connectivity index (χ0) is 18.2. The predicted molar refractivity (Wildman–Crippen MR) is 97.2 cm³/mol. The molecule has 0 fully saturated rings. The Balaban J connectivity index is 1.91. The van der Waals surface area contributed by atoms with Crippen molar-refractivity contribution in [3.8, 4) is 5.75 Å². The molecule has 0 saturated heterocycles. The van der Waals surface area contributed by atoms with E-state index in [9.17, 15) is 9.59 Å². The molecule has 1 aromatic carbocycles. The minimum atomic E-state index is -0.627. The smallest absolute Gasteiger partial charge is 0.316 e. The van der Waals surface area contributed by atoms with Gasteiger partial charge in [0.15, 0.2) is 10.4 Å². The van der Waals surface area contributed by atoms with Gasteiger partial charge in [-0.05, 0) is 25.5 Å². The largest absolute Gasteiger partial charge is 0.481 e. The first-order chi connectivity index (χ1) is 12.0. The number of anilines is 1. The Bertz CT molecular complexity index is 718. The van der Waals surface area contributed by atoms with E-state index in [0.717, 1.165) is 5.56 Å². The Morgan fingerprint density at radius 1 is 1.28 bits per heavy atom. The number of rotatable bonds is 8. The molecule has 1 heterocycles. The maximum Gasteiger partial charge on any atom is 0.316 e. The van der Waals surface area contributed by atoms with E-state index in [0.29, 0.717) is 21.6 Å². The number of thioether (sulfide) groups is 1. The van der Waals surface area contributed by atoms with E-state index in [4.69, 9.17) is 4.74 Å². The lowest BCUT2D eigenvalue weighted by atomic mass is 10.2. The van der Waals surface area contributed by atoms with Crippen LogP contribution >= 0.6 is 23.1 Å². The SMILES string of the molecule is CC[C@@H](Oc1ccc(C)cc1)C(=O)Nc1nnc(SCC(=O)OC)s1. The lowest BCUT2D eigenvalue weighted by Crippen LogP contribution is -2.32. The average molecular weight is 381 g/mol. The van der Waals surface area contributed by atoms with Crippen LogP contribution in [-0.4, -0.2) is 41.0 Å². The maximum atomic E-state index is 12.4. The molecule has 0 spiro atoms. The summed E-state index contributed by atoms with van der Waals surface area (Å²) in [6, 6.07) is 7.51. The number of methoxy groups -OCH3 is 1. The Morgan fingerprint density at radius 3 is 2.64 bits per heavy atom. The summed E-state index contributed by atoms with van der Waals surface area (Å²) in [7, 11) is 1.33. The molecule has 0 unspecified atom stereocenters. The average Bonchev–Trinajstić information content (AvgIpc) is 3.06. The first kappa shape index (κ1) is 19.2. The summed E-state index contributed by atoms with van der Waals surface area (Å²) in [6.45, 7) is 3.86. The standard InChI is InChI=1S/C16H19N3O4S2/c1-4-12(23-11-7-5-10(2)6-8-11)14(21)17-15-18-19-16(25-15)24-9-13(20)22-3/h5-8,12H,4,9H2,1-3H3,(H,17,18,21)/t12-/m1/s1. The molecule has 0 aliphatic carbocycles. The molecule has 0 bridgehead atoms. The van der Waals surface area contributed by atoms with Crippen molar-refractivity contribution in [2.45, 2.75) is 30.7 Å². The molecule has 0 saturated carbocycles. The van der Waals surface area contributed by atoms with Gasteiger partial charge in [0.05, 0.1) is 12.9 Å². The molecule has 0 aliphatic rings. The van der Waals surface area contributed by atoms with Crippen LogP contribution in [-0.2, 0) is 14.3 Å². The van der Waals surface area contributed by atoms with Crippen LogP contribution in [0.3, 0.4) is 0 Å². The van der Waals surface area contributed by atoms with Gasteiger partial charge < -0.3 is 9.47 Å². The molecule has 134 valence electrons. The number of carbonyl (C=O) groups excluding carboxylic acids is 2. The van der Waals surface area contributed by atoms with Crippen molar-refractivity contribution < 1.29 is 19.1 Å². The number of nitrogens with zero attached hydrogens (tertiary/aromatic N) is 2. The van der Waals surface area contributed by atoms with Gasteiger partial charge in [-0.15, -0.1) is 10.2 Å². The number of amides is 1. The van der Waals surface area contributed by atoms with E-state index in [1.54, 1.807) is 0 Å². The first-order valence-corrected chi connectivity index (χ1v) is 9.39. The van der Waals surface area contributed by atoms with Crippen molar-refractivity contribution in [3.63, 3.8) is 0 Å².